The van der Waals surface area contributed by atoms with Gasteiger partial charge in [0.1, 0.15) is 0 Å². The van der Waals surface area contributed by atoms with Crippen molar-refractivity contribution in [3.05, 3.63) is 0 Å². The number of ether oxygens (including phenoxy) is 1. The summed E-state index contributed by atoms with van der Waals surface area (Å²) in [6.07, 6.45) is 3.66. The van der Waals surface area contributed by atoms with Crippen LogP contribution in [0.15, 0.2) is 0 Å². The van der Waals surface area contributed by atoms with Crippen LogP contribution in [0.25, 0.3) is 0 Å². The van der Waals surface area contributed by atoms with Gasteiger partial charge < -0.3 is 10.1 Å². The molecule has 0 spiro atoms. The molecule has 1 aliphatic heterocycles. The molecule has 0 aromatic heterocycles. The molecule has 1 heterocycles. The highest BCUT2D eigenvalue weighted by molar-refractivity contribution is 4.89. The van der Waals surface area contributed by atoms with Gasteiger partial charge in [-0.2, -0.15) is 0 Å². The highest BCUT2D eigenvalue weighted by Gasteiger charge is 2.31. The van der Waals surface area contributed by atoms with Gasteiger partial charge in [0.25, 0.3) is 0 Å². The Bertz CT molecular complexity index is 128. The molecular weight excluding hydrogens is 150 g/mol. The fraction of sp³-hybridized carbons (Fsp3) is 1.00. The Morgan fingerprint density at radius 1 is 1.50 bits per heavy atom. The van der Waals surface area contributed by atoms with Crippen LogP contribution in [0.5, 0.6) is 0 Å². The van der Waals surface area contributed by atoms with E-state index in [1.54, 1.807) is 0 Å². The Hall–Kier alpha value is -0.0800. The van der Waals surface area contributed by atoms with Gasteiger partial charge in [-0.1, -0.05) is 6.92 Å². The van der Waals surface area contributed by atoms with Crippen molar-refractivity contribution in [2.24, 2.45) is 0 Å². The molecule has 1 N–H and O–H groups in total. The van der Waals surface area contributed by atoms with Crippen molar-refractivity contribution < 1.29 is 4.74 Å². The van der Waals surface area contributed by atoms with E-state index in [9.17, 15) is 0 Å². The lowest BCUT2D eigenvalue weighted by Gasteiger charge is -2.31. The van der Waals surface area contributed by atoms with Crippen LogP contribution in [0, 0.1) is 0 Å². The van der Waals surface area contributed by atoms with Crippen LogP contribution in [0.4, 0.5) is 0 Å². The highest BCUT2D eigenvalue weighted by Crippen LogP contribution is 2.22. The fourth-order valence-corrected chi connectivity index (χ4v) is 1.74. The minimum absolute atomic E-state index is 0.0203. The third-order valence-electron chi connectivity index (χ3n) is 2.58. The summed E-state index contributed by atoms with van der Waals surface area (Å²) >= 11 is 0. The second-order valence-corrected chi connectivity index (χ2v) is 4.10. The highest BCUT2D eigenvalue weighted by atomic mass is 16.5. The fourth-order valence-electron chi connectivity index (χ4n) is 1.74. The van der Waals surface area contributed by atoms with E-state index in [1.165, 1.54) is 12.8 Å². The van der Waals surface area contributed by atoms with Gasteiger partial charge in [0.2, 0.25) is 0 Å². The third kappa shape index (κ3) is 2.46. The van der Waals surface area contributed by atoms with Crippen molar-refractivity contribution in [2.75, 3.05) is 13.2 Å². The van der Waals surface area contributed by atoms with Gasteiger partial charge in [-0.05, 0) is 39.7 Å². The Balaban J connectivity index is 2.34. The van der Waals surface area contributed by atoms with Gasteiger partial charge >= 0.3 is 0 Å². The third-order valence-corrected chi connectivity index (χ3v) is 2.58. The lowest BCUT2D eigenvalue weighted by molar-refractivity contribution is -0.0398. The normalized spacial score (nSPS) is 24.8. The van der Waals surface area contributed by atoms with E-state index in [0.717, 1.165) is 19.6 Å². The molecule has 0 aromatic rings. The molecule has 0 radical (unpaired) electrons. The molecule has 1 rings (SSSR count). The van der Waals surface area contributed by atoms with Crippen molar-refractivity contribution in [3.63, 3.8) is 0 Å². The molecule has 0 amide bonds. The summed E-state index contributed by atoms with van der Waals surface area (Å²) < 4.78 is 5.80. The molecule has 0 aliphatic carbocycles. The zero-order valence-electron chi connectivity index (χ0n) is 8.52. The maximum Gasteiger partial charge on any atom is 0.0778 e. The number of hydrogen-bond acceptors (Lipinski definition) is 2. The van der Waals surface area contributed by atoms with Crippen molar-refractivity contribution in [1.82, 2.24) is 5.32 Å². The van der Waals surface area contributed by atoms with E-state index in [1.807, 2.05) is 0 Å². The minimum atomic E-state index is 0.0203. The largest absolute Gasteiger partial charge is 0.374 e. The Morgan fingerprint density at radius 2 is 2.25 bits per heavy atom. The van der Waals surface area contributed by atoms with Crippen molar-refractivity contribution in [1.29, 1.82) is 0 Å². The van der Waals surface area contributed by atoms with Gasteiger partial charge in [0.05, 0.1) is 5.60 Å². The monoisotopic (exact) mass is 171 g/mol. The van der Waals surface area contributed by atoms with Gasteiger partial charge in [-0.15, -0.1) is 0 Å². The van der Waals surface area contributed by atoms with E-state index in [0.29, 0.717) is 6.04 Å². The maximum atomic E-state index is 5.80. The van der Waals surface area contributed by atoms with Gasteiger partial charge in [0.15, 0.2) is 0 Å². The van der Waals surface area contributed by atoms with Crippen LogP contribution in [0.3, 0.4) is 0 Å². The molecule has 72 valence electrons. The molecule has 1 aliphatic rings. The molecule has 2 nitrogen and oxygen atoms in total. The zero-order valence-corrected chi connectivity index (χ0v) is 8.52. The van der Waals surface area contributed by atoms with Crippen LogP contribution in [-0.2, 0) is 4.74 Å². The van der Waals surface area contributed by atoms with Gasteiger partial charge in [0, 0.05) is 12.6 Å². The topological polar surface area (TPSA) is 21.3 Å². The molecule has 1 saturated heterocycles. The first-order valence-electron chi connectivity index (χ1n) is 5.04. The Morgan fingerprint density at radius 3 is 2.75 bits per heavy atom. The van der Waals surface area contributed by atoms with Crippen molar-refractivity contribution in [3.8, 4) is 0 Å². The van der Waals surface area contributed by atoms with Crippen LogP contribution >= 0.6 is 0 Å². The average molecular weight is 171 g/mol. The molecule has 2 heteroatoms. The smallest absolute Gasteiger partial charge is 0.0778 e. The summed E-state index contributed by atoms with van der Waals surface area (Å²) in [5.41, 5.74) is 0.0203. The predicted octanol–water partition coefficient (Wildman–Crippen LogP) is 1.94. The van der Waals surface area contributed by atoms with Crippen LogP contribution < -0.4 is 5.32 Å². The molecule has 1 atom stereocenters. The molecule has 0 unspecified atom stereocenters. The van der Waals surface area contributed by atoms with E-state index in [-0.39, 0.29) is 5.60 Å². The molecule has 0 aromatic carbocycles. The second kappa shape index (κ2) is 4.24. The first-order valence-corrected chi connectivity index (χ1v) is 5.04. The number of nitrogens with one attached hydrogen (secondary N) is 1. The molecule has 0 saturated carbocycles. The summed E-state index contributed by atoms with van der Waals surface area (Å²) in [5.74, 6) is 0. The van der Waals surface area contributed by atoms with E-state index < -0.39 is 0 Å². The summed E-state index contributed by atoms with van der Waals surface area (Å²) in [6, 6.07) is 0.559. The SMILES string of the molecule is CCCOC(C)(C)[C@@H]1CCCN1. The minimum Gasteiger partial charge on any atom is -0.374 e. The lowest BCUT2D eigenvalue weighted by atomic mass is 9.97. The molecule has 1 fully saturated rings. The Kier molecular flexibility index (Phi) is 3.53. The predicted molar refractivity (Wildman–Crippen MR) is 51.3 cm³/mol. The van der Waals surface area contributed by atoms with Crippen LogP contribution in [0.1, 0.15) is 40.0 Å². The number of hydrogen-bond donors (Lipinski definition) is 1. The molecular formula is C10H21NO. The number of rotatable bonds is 4. The summed E-state index contributed by atoms with van der Waals surface area (Å²) in [4.78, 5) is 0. The van der Waals surface area contributed by atoms with E-state index in [2.05, 4.69) is 26.1 Å². The van der Waals surface area contributed by atoms with Gasteiger partial charge in [-0.3, -0.25) is 0 Å². The zero-order chi connectivity index (χ0) is 9.03. The quantitative estimate of drug-likeness (QED) is 0.698. The van der Waals surface area contributed by atoms with Crippen LogP contribution in [0.2, 0.25) is 0 Å². The van der Waals surface area contributed by atoms with Crippen molar-refractivity contribution in [2.45, 2.75) is 51.7 Å². The first kappa shape index (κ1) is 10.0. The summed E-state index contributed by atoms with van der Waals surface area (Å²) in [6.45, 7) is 8.56. The van der Waals surface area contributed by atoms with Gasteiger partial charge in [-0.25, -0.2) is 0 Å². The summed E-state index contributed by atoms with van der Waals surface area (Å²) in [5, 5.41) is 3.48. The average Bonchev–Trinajstić information content (AvgIpc) is 2.53. The van der Waals surface area contributed by atoms with Crippen molar-refractivity contribution >= 4 is 0 Å². The standard InChI is InChI=1S/C10H21NO/c1-4-8-12-10(2,3)9-6-5-7-11-9/h9,11H,4-8H2,1-3H3/t9-/m0/s1. The van der Waals surface area contributed by atoms with Crippen LogP contribution in [-0.4, -0.2) is 24.8 Å². The first-order chi connectivity index (χ1) is 5.67. The van der Waals surface area contributed by atoms with E-state index in [4.69, 9.17) is 4.74 Å². The maximum absolute atomic E-state index is 5.80. The summed E-state index contributed by atoms with van der Waals surface area (Å²) in [7, 11) is 0. The van der Waals surface area contributed by atoms with E-state index >= 15 is 0 Å². The Labute approximate surface area is 75.7 Å². The lowest BCUT2D eigenvalue weighted by Crippen LogP contribution is -2.45. The molecule has 12 heavy (non-hydrogen) atoms. The second-order valence-electron chi connectivity index (χ2n) is 4.10. The molecule has 0 bridgehead atoms.